The number of rotatable bonds is 3. The minimum atomic E-state index is -3.88. The van der Waals surface area contributed by atoms with Crippen molar-refractivity contribution in [2.24, 2.45) is 5.14 Å². The quantitative estimate of drug-likeness (QED) is 0.873. The third-order valence-corrected chi connectivity index (χ3v) is 4.30. The molecule has 110 valence electrons. The number of nitrogens with two attached hydrogens (primary N) is 1. The first-order valence-corrected chi connectivity index (χ1v) is 7.20. The van der Waals surface area contributed by atoms with Crippen molar-refractivity contribution in [3.05, 3.63) is 23.8 Å². The van der Waals surface area contributed by atoms with Crippen LogP contribution in [0.4, 0.5) is 14.5 Å². The van der Waals surface area contributed by atoms with Gasteiger partial charge in [0.15, 0.2) is 17.4 Å². The van der Waals surface area contributed by atoms with Crippen LogP contribution in [-0.2, 0) is 14.8 Å². The molecule has 9 heteroatoms. The Bertz CT molecular complexity index is 639. The molecule has 1 aromatic carbocycles. The maximum Gasteiger partial charge on any atom is 0.228 e. The molecular weight excluding hydrogens is 294 g/mol. The molecule has 1 fully saturated rings. The smallest absolute Gasteiger partial charge is 0.228 e. The summed E-state index contributed by atoms with van der Waals surface area (Å²) in [5.74, 6) is -3.08. The molecule has 20 heavy (non-hydrogen) atoms. The molecule has 2 N–H and O–H groups in total. The average molecular weight is 306 g/mol. The predicted molar refractivity (Wildman–Crippen MR) is 66.8 cm³/mol. The zero-order chi connectivity index (χ0) is 15.1. The summed E-state index contributed by atoms with van der Waals surface area (Å²) in [6, 6.07) is 1.82. The lowest BCUT2D eigenvalue weighted by atomic mass is 10.2. The van der Waals surface area contributed by atoms with Crippen LogP contribution in [0.5, 0.6) is 5.75 Å². The second-order valence-electron chi connectivity index (χ2n) is 4.36. The monoisotopic (exact) mass is 306 g/mol. The van der Waals surface area contributed by atoms with Gasteiger partial charge in [-0.1, -0.05) is 0 Å². The number of sulfonamides is 1. The van der Waals surface area contributed by atoms with Crippen molar-refractivity contribution >= 4 is 21.6 Å². The van der Waals surface area contributed by atoms with Gasteiger partial charge in [-0.25, -0.2) is 22.3 Å². The van der Waals surface area contributed by atoms with Crippen LogP contribution in [0.3, 0.4) is 0 Å². The highest BCUT2D eigenvalue weighted by atomic mass is 32.2. The molecule has 1 saturated heterocycles. The Kier molecular flexibility index (Phi) is 3.65. The fourth-order valence-electron chi connectivity index (χ4n) is 2.04. The van der Waals surface area contributed by atoms with Crippen molar-refractivity contribution < 1.29 is 26.7 Å². The average Bonchev–Trinajstić information content (AvgIpc) is 2.70. The molecule has 0 aromatic heterocycles. The van der Waals surface area contributed by atoms with Crippen LogP contribution in [0, 0.1) is 11.6 Å². The van der Waals surface area contributed by atoms with E-state index >= 15 is 0 Å². The summed E-state index contributed by atoms with van der Waals surface area (Å²) in [5.41, 5.74) is -0.0723. The molecule has 2 rings (SSSR count). The van der Waals surface area contributed by atoms with E-state index in [2.05, 4.69) is 4.74 Å². The molecule has 0 aliphatic carbocycles. The fourth-order valence-corrected chi connectivity index (χ4v) is 2.77. The van der Waals surface area contributed by atoms with E-state index in [9.17, 15) is 22.0 Å². The highest BCUT2D eigenvalue weighted by Crippen LogP contribution is 2.30. The summed E-state index contributed by atoms with van der Waals surface area (Å²) in [7, 11) is -2.77. The van der Waals surface area contributed by atoms with Crippen molar-refractivity contribution in [2.45, 2.75) is 11.7 Å². The largest absolute Gasteiger partial charge is 0.491 e. The van der Waals surface area contributed by atoms with Gasteiger partial charge in [0.25, 0.3) is 0 Å². The summed E-state index contributed by atoms with van der Waals surface area (Å²) in [6.45, 7) is -0.233. The Morgan fingerprint density at radius 3 is 2.30 bits per heavy atom. The van der Waals surface area contributed by atoms with Crippen LogP contribution < -0.4 is 14.8 Å². The molecule has 1 heterocycles. The lowest BCUT2D eigenvalue weighted by molar-refractivity contribution is -0.117. The van der Waals surface area contributed by atoms with E-state index in [1.54, 1.807) is 0 Å². The van der Waals surface area contributed by atoms with Gasteiger partial charge in [-0.05, 0) is 0 Å². The summed E-state index contributed by atoms with van der Waals surface area (Å²) in [4.78, 5) is 12.7. The molecule has 1 aliphatic rings. The first-order valence-electron chi connectivity index (χ1n) is 5.59. The maximum atomic E-state index is 13.6. The van der Waals surface area contributed by atoms with Crippen molar-refractivity contribution in [2.75, 3.05) is 18.6 Å². The van der Waals surface area contributed by atoms with Crippen LogP contribution >= 0.6 is 0 Å². The first kappa shape index (κ1) is 14.7. The molecule has 0 bridgehead atoms. The summed E-state index contributed by atoms with van der Waals surface area (Å²) in [5, 5.41) is 3.89. The third kappa shape index (κ3) is 2.59. The van der Waals surface area contributed by atoms with Gasteiger partial charge in [-0.3, -0.25) is 4.79 Å². The van der Waals surface area contributed by atoms with Gasteiger partial charge in [-0.15, -0.1) is 0 Å². The number of anilines is 1. The van der Waals surface area contributed by atoms with Crippen molar-refractivity contribution in [3.8, 4) is 5.75 Å². The number of hydrogen-bond donors (Lipinski definition) is 1. The lowest BCUT2D eigenvalue weighted by Crippen LogP contribution is -2.32. The number of ether oxygens (including phenoxy) is 1. The van der Waals surface area contributed by atoms with Crippen LogP contribution in [0.2, 0.25) is 0 Å². The summed E-state index contributed by atoms with van der Waals surface area (Å²) < 4.78 is 54.1. The van der Waals surface area contributed by atoms with Gasteiger partial charge >= 0.3 is 0 Å². The van der Waals surface area contributed by atoms with Crippen molar-refractivity contribution in [1.29, 1.82) is 0 Å². The standard InChI is InChI=1S/C11H12F2N2O4S/c1-19-11-8(12)2-6(3-9(11)13)15-5-7(4-10(15)16)20(14,17)18/h2-3,7H,4-5H2,1H3,(H2,14,17,18). The Balaban J connectivity index is 2.36. The van der Waals surface area contributed by atoms with E-state index in [0.717, 1.165) is 24.1 Å². The van der Waals surface area contributed by atoms with Gasteiger partial charge in [0.05, 0.1) is 7.11 Å². The number of nitrogens with zero attached hydrogens (tertiary/aromatic N) is 1. The minimum absolute atomic E-state index is 0.0723. The highest BCUT2D eigenvalue weighted by Gasteiger charge is 2.37. The second-order valence-corrected chi connectivity index (χ2v) is 6.21. The van der Waals surface area contributed by atoms with Gasteiger partial charge < -0.3 is 9.64 Å². The number of primary sulfonamides is 1. The fraction of sp³-hybridized carbons (Fsp3) is 0.364. The van der Waals surface area contributed by atoms with Gasteiger partial charge in [0.1, 0.15) is 5.25 Å². The molecule has 0 spiro atoms. The zero-order valence-corrected chi connectivity index (χ0v) is 11.3. The molecule has 1 atom stereocenters. The van der Waals surface area contributed by atoms with Crippen molar-refractivity contribution in [3.63, 3.8) is 0 Å². The lowest BCUT2D eigenvalue weighted by Gasteiger charge is -2.17. The second kappa shape index (κ2) is 4.98. The molecule has 6 nitrogen and oxygen atoms in total. The SMILES string of the molecule is COc1c(F)cc(N2CC(S(N)(=O)=O)CC2=O)cc1F. The number of carbonyl (C=O) groups is 1. The number of hydrogen-bond acceptors (Lipinski definition) is 4. The number of amides is 1. The number of halogens is 2. The molecule has 1 aliphatic heterocycles. The first-order chi connectivity index (χ1) is 9.24. The number of carbonyl (C=O) groups excluding carboxylic acids is 1. The van der Waals surface area contributed by atoms with E-state index in [-0.39, 0.29) is 18.7 Å². The van der Waals surface area contributed by atoms with Crippen molar-refractivity contribution in [1.82, 2.24) is 0 Å². The Morgan fingerprint density at radius 1 is 1.35 bits per heavy atom. The van der Waals surface area contributed by atoms with E-state index in [1.807, 2.05) is 0 Å². The van der Waals surface area contributed by atoms with E-state index < -0.39 is 38.6 Å². The molecule has 1 aromatic rings. The van der Waals surface area contributed by atoms with Crippen LogP contribution in [0.1, 0.15) is 6.42 Å². The van der Waals surface area contributed by atoms with Gasteiger partial charge in [0, 0.05) is 30.8 Å². The normalized spacial score (nSPS) is 19.5. The number of methoxy groups -OCH3 is 1. The number of benzene rings is 1. The van der Waals surface area contributed by atoms with E-state index in [1.165, 1.54) is 0 Å². The van der Waals surface area contributed by atoms with Gasteiger partial charge in [-0.2, -0.15) is 0 Å². The molecular formula is C11H12F2N2O4S. The van der Waals surface area contributed by atoms with Crippen LogP contribution in [0.15, 0.2) is 12.1 Å². The maximum absolute atomic E-state index is 13.6. The molecule has 1 unspecified atom stereocenters. The Hall–Kier alpha value is -1.74. The van der Waals surface area contributed by atoms with Gasteiger partial charge in [0.2, 0.25) is 15.9 Å². The summed E-state index contributed by atoms with van der Waals surface area (Å²) >= 11 is 0. The Morgan fingerprint density at radius 2 is 1.90 bits per heavy atom. The van der Waals surface area contributed by atoms with Crippen LogP contribution in [-0.4, -0.2) is 33.2 Å². The summed E-state index contributed by atoms with van der Waals surface area (Å²) in [6.07, 6.45) is -0.311. The van der Waals surface area contributed by atoms with E-state index in [4.69, 9.17) is 5.14 Å². The molecule has 0 saturated carbocycles. The molecule has 0 radical (unpaired) electrons. The third-order valence-electron chi connectivity index (χ3n) is 3.05. The topological polar surface area (TPSA) is 89.7 Å². The van der Waals surface area contributed by atoms with E-state index in [0.29, 0.717) is 0 Å². The minimum Gasteiger partial charge on any atom is -0.491 e. The predicted octanol–water partition coefficient (Wildman–Crippen LogP) is 0.367. The zero-order valence-electron chi connectivity index (χ0n) is 10.5. The highest BCUT2D eigenvalue weighted by molar-refractivity contribution is 7.89. The Labute approximate surface area is 114 Å². The molecule has 1 amide bonds. The van der Waals surface area contributed by atoms with Crippen LogP contribution in [0.25, 0.3) is 0 Å².